The van der Waals surface area contributed by atoms with Gasteiger partial charge >= 0.3 is 0 Å². The van der Waals surface area contributed by atoms with Crippen LogP contribution in [0.3, 0.4) is 0 Å². The van der Waals surface area contributed by atoms with Crippen molar-refractivity contribution in [2.45, 2.75) is 6.04 Å². The van der Waals surface area contributed by atoms with Gasteiger partial charge < -0.3 is 0 Å². The number of nitroso groups, excluding NO2 is 1. The second-order valence-corrected chi connectivity index (χ2v) is 3.59. The minimum atomic E-state index is -0.605. The third kappa shape index (κ3) is 2.56. The van der Waals surface area contributed by atoms with E-state index in [2.05, 4.69) is 5.18 Å². The highest BCUT2D eigenvalue weighted by Crippen LogP contribution is 2.28. The van der Waals surface area contributed by atoms with Crippen LogP contribution in [0.2, 0.25) is 10.0 Å². The fourth-order valence-electron chi connectivity index (χ4n) is 0.940. The van der Waals surface area contributed by atoms with Gasteiger partial charge in [-0.3, -0.25) is 0 Å². The third-order valence-electron chi connectivity index (χ3n) is 1.59. The van der Waals surface area contributed by atoms with E-state index >= 15 is 0 Å². The molecule has 0 radical (unpaired) electrons. The van der Waals surface area contributed by atoms with Crippen molar-refractivity contribution < 1.29 is 0 Å². The van der Waals surface area contributed by atoms with Crippen LogP contribution in [0.4, 0.5) is 0 Å². The Hall–Kier alpha value is -0.310. The van der Waals surface area contributed by atoms with Crippen molar-refractivity contribution >= 4 is 34.8 Å². The van der Waals surface area contributed by atoms with Gasteiger partial charge in [0.2, 0.25) is 0 Å². The molecule has 0 aliphatic rings. The van der Waals surface area contributed by atoms with E-state index in [0.29, 0.717) is 15.6 Å². The molecule has 0 N–H and O–H groups in total. The summed E-state index contributed by atoms with van der Waals surface area (Å²) in [4.78, 5) is 10.3. The second-order valence-electron chi connectivity index (χ2n) is 2.44. The van der Waals surface area contributed by atoms with Gasteiger partial charge in [0.05, 0.1) is 5.88 Å². The van der Waals surface area contributed by atoms with E-state index in [0.717, 1.165) is 0 Å². The smallest absolute Gasteiger partial charge is 0.132 e. The molecule has 0 amide bonds. The standard InChI is InChI=1S/C8H6Cl3NO/c9-4-8(12-13)6-2-1-5(10)3-7(6)11/h1-3,8H,4H2. The van der Waals surface area contributed by atoms with Crippen molar-refractivity contribution in [1.82, 2.24) is 0 Å². The highest BCUT2D eigenvalue weighted by molar-refractivity contribution is 6.35. The van der Waals surface area contributed by atoms with Crippen molar-refractivity contribution in [1.29, 1.82) is 0 Å². The highest BCUT2D eigenvalue weighted by Gasteiger charge is 2.13. The lowest BCUT2D eigenvalue weighted by molar-refractivity contribution is 0.820. The third-order valence-corrected chi connectivity index (χ3v) is 2.45. The predicted octanol–water partition coefficient (Wildman–Crippen LogP) is 4.04. The number of hydrogen-bond acceptors (Lipinski definition) is 2. The fourth-order valence-corrected chi connectivity index (χ4v) is 1.70. The number of benzene rings is 1. The van der Waals surface area contributed by atoms with Crippen LogP contribution in [0.1, 0.15) is 11.6 Å². The van der Waals surface area contributed by atoms with Gasteiger partial charge in [0.25, 0.3) is 0 Å². The quantitative estimate of drug-likeness (QED) is 0.577. The van der Waals surface area contributed by atoms with Crippen LogP contribution < -0.4 is 0 Å². The first kappa shape index (κ1) is 10.8. The molecule has 1 unspecified atom stereocenters. The number of alkyl halides is 1. The van der Waals surface area contributed by atoms with E-state index in [1.165, 1.54) is 0 Å². The molecule has 1 atom stereocenters. The molecule has 0 aliphatic carbocycles. The summed E-state index contributed by atoms with van der Waals surface area (Å²) in [5.74, 6) is 0.116. The molecule has 0 bridgehead atoms. The van der Waals surface area contributed by atoms with E-state index in [4.69, 9.17) is 34.8 Å². The average molecular weight is 239 g/mol. The summed E-state index contributed by atoms with van der Waals surface area (Å²) in [7, 11) is 0. The zero-order valence-electron chi connectivity index (χ0n) is 6.51. The normalized spacial score (nSPS) is 12.5. The molecular formula is C8H6Cl3NO. The summed E-state index contributed by atoms with van der Waals surface area (Å²) in [5, 5.41) is 3.79. The Morgan fingerprint density at radius 3 is 2.54 bits per heavy atom. The molecule has 5 heteroatoms. The van der Waals surface area contributed by atoms with Gasteiger partial charge in [-0.25, -0.2) is 0 Å². The van der Waals surface area contributed by atoms with E-state index in [1.807, 2.05) is 0 Å². The first-order valence-corrected chi connectivity index (χ1v) is 4.81. The topological polar surface area (TPSA) is 29.4 Å². The Morgan fingerprint density at radius 2 is 2.08 bits per heavy atom. The highest BCUT2D eigenvalue weighted by atomic mass is 35.5. The van der Waals surface area contributed by atoms with Crippen molar-refractivity contribution in [3.63, 3.8) is 0 Å². The van der Waals surface area contributed by atoms with Crippen LogP contribution >= 0.6 is 34.8 Å². The Morgan fingerprint density at radius 1 is 1.38 bits per heavy atom. The van der Waals surface area contributed by atoms with E-state index in [9.17, 15) is 4.91 Å². The fraction of sp³-hybridized carbons (Fsp3) is 0.250. The Kier molecular flexibility index (Phi) is 3.97. The minimum Gasteiger partial charge on any atom is -0.150 e. The monoisotopic (exact) mass is 237 g/mol. The maximum Gasteiger partial charge on any atom is 0.132 e. The number of halogens is 3. The van der Waals surface area contributed by atoms with Crippen molar-refractivity contribution in [3.05, 3.63) is 38.7 Å². The average Bonchev–Trinajstić information content (AvgIpc) is 2.10. The molecule has 0 aromatic heterocycles. The van der Waals surface area contributed by atoms with Crippen LogP contribution in [0, 0.1) is 4.91 Å². The summed E-state index contributed by atoms with van der Waals surface area (Å²) in [6, 6.07) is 4.25. The van der Waals surface area contributed by atoms with Gasteiger partial charge in [0, 0.05) is 10.0 Å². The molecule has 1 rings (SSSR count). The molecule has 1 aromatic rings. The zero-order chi connectivity index (χ0) is 9.84. The zero-order valence-corrected chi connectivity index (χ0v) is 8.77. The largest absolute Gasteiger partial charge is 0.150 e. The summed E-state index contributed by atoms with van der Waals surface area (Å²) >= 11 is 17.1. The van der Waals surface area contributed by atoms with Gasteiger partial charge in [-0.2, -0.15) is 4.91 Å². The summed E-state index contributed by atoms with van der Waals surface area (Å²) in [6.45, 7) is 0. The van der Waals surface area contributed by atoms with E-state index in [-0.39, 0.29) is 5.88 Å². The molecule has 0 saturated heterocycles. The lowest BCUT2D eigenvalue weighted by Gasteiger charge is -2.07. The molecule has 0 aliphatic heterocycles. The van der Waals surface area contributed by atoms with Gasteiger partial charge in [0.15, 0.2) is 0 Å². The molecule has 0 spiro atoms. The summed E-state index contributed by atoms with van der Waals surface area (Å²) < 4.78 is 0. The lowest BCUT2D eigenvalue weighted by atomic mass is 10.1. The lowest BCUT2D eigenvalue weighted by Crippen LogP contribution is -1.96. The molecule has 0 fully saturated rings. The first-order valence-electron chi connectivity index (χ1n) is 3.52. The number of hydrogen-bond donors (Lipinski definition) is 0. The van der Waals surface area contributed by atoms with Crippen LogP contribution in [0.5, 0.6) is 0 Å². The summed E-state index contributed by atoms with van der Waals surface area (Å²) in [6.07, 6.45) is 0. The van der Waals surface area contributed by atoms with Crippen LogP contribution in [0.15, 0.2) is 23.4 Å². The Balaban J connectivity index is 3.06. The maximum atomic E-state index is 10.3. The van der Waals surface area contributed by atoms with Crippen molar-refractivity contribution in [2.24, 2.45) is 5.18 Å². The second kappa shape index (κ2) is 4.80. The van der Waals surface area contributed by atoms with Crippen LogP contribution in [0.25, 0.3) is 0 Å². The first-order chi connectivity index (χ1) is 6.19. The van der Waals surface area contributed by atoms with Gasteiger partial charge in [-0.1, -0.05) is 34.4 Å². The van der Waals surface area contributed by atoms with Gasteiger partial charge in [-0.05, 0) is 17.7 Å². The van der Waals surface area contributed by atoms with Crippen LogP contribution in [-0.4, -0.2) is 5.88 Å². The van der Waals surface area contributed by atoms with Gasteiger partial charge in [-0.15, -0.1) is 11.6 Å². The molecular weight excluding hydrogens is 232 g/mol. The molecule has 0 saturated carbocycles. The predicted molar refractivity (Wildman–Crippen MR) is 55.7 cm³/mol. The molecule has 13 heavy (non-hydrogen) atoms. The molecule has 70 valence electrons. The Labute approximate surface area is 90.8 Å². The SMILES string of the molecule is O=NC(CCl)c1ccc(Cl)cc1Cl. The maximum absolute atomic E-state index is 10.3. The van der Waals surface area contributed by atoms with Crippen molar-refractivity contribution in [3.8, 4) is 0 Å². The van der Waals surface area contributed by atoms with Gasteiger partial charge in [0.1, 0.15) is 6.04 Å². The molecule has 2 nitrogen and oxygen atoms in total. The number of nitrogens with zero attached hydrogens (tertiary/aromatic N) is 1. The Bertz CT molecular complexity index is 316. The summed E-state index contributed by atoms with van der Waals surface area (Å²) in [5.41, 5.74) is 0.607. The van der Waals surface area contributed by atoms with Crippen LogP contribution in [-0.2, 0) is 0 Å². The molecule has 1 aromatic carbocycles. The number of rotatable bonds is 3. The van der Waals surface area contributed by atoms with Crippen molar-refractivity contribution in [2.75, 3.05) is 5.88 Å². The van der Waals surface area contributed by atoms with E-state index in [1.54, 1.807) is 18.2 Å². The molecule has 0 heterocycles. The van der Waals surface area contributed by atoms with E-state index < -0.39 is 6.04 Å². The minimum absolute atomic E-state index is 0.116.